The van der Waals surface area contributed by atoms with Crippen LogP contribution in [-0.2, 0) is 14.8 Å². The van der Waals surface area contributed by atoms with Gasteiger partial charge in [0, 0.05) is 25.4 Å². The van der Waals surface area contributed by atoms with E-state index in [1.165, 1.54) is 68.1 Å². The van der Waals surface area contributed by atoms with Crippen molar-refractivity contribution in [3.05, 3.63) is 30.1 Å². The number of rotatable bonds is 7. The van der Waals surface area contributed by atoms with Crippen LogP contribution < -0.4 is 0 Å². The lowest BCUT2D eigenvalue weighted by molar-refractivity contribution is -0.132. The van der Waals surface area contributed by atoms with Gasteiger partial charge in [0.1, 0.15) is 16.5 Å². The molecule has 0 spiro atoms. The highest BCUT2D eigenvalue weighted by Crippen LogP contribution is 2.62. The van der Waals surface area contributed by atoms with Crippen LogP contribution in [0, 0.1) is 34.4 Å². The van der Waals surface area contributed by atoms with E-state index >= 15 is 0 Å². The van der Waals surface area contributed by atoms with Gasteiger partial charge in [0.25, 0.3) is 0 Å². The van der Waals surface area contributed by atoms with Gasteiger partial charge in [0.15, 0.2) is 0 Å². The largest absolute Gasteiger partial charge is 0.299 e. The minimum absolute atomic E-state index is 0.162. The van der Waals surface area contributed by atoms with Crippen LogP contribution >= 0.6 is 0 Å². The number of hydrogen-bond acceptors (Lipinski definition) is 3. The van der Waals surface area contributed by atoms with Crippen molar-refractivity contribution in [2.24, 2.45) is 28.6 Å². The van der Waals surface area contributed by atoms with Crippen molar-refractivity contribution in [2.75, 3.05) is 13.6 Å². The molecule has 5 aliphatic rings. The quantitative estimate of drug-likeness (QED) is 0.658. The lowest BCUT2D eigenvalue weighted by Gasteiger charge is -2.57. The number of benzene rings is 1. The zero-order chi connectivity index (χ0) is 20.4. The molecular formula is C23H30FNO3S. The molecule has 5 aliphatic carbocycles. The Morgan fingerprint density at radius 3 is 2.14 bits per heavy atom. The van der Waals surface area contributed by atoms with E-state index < -0.39 is 21.3 Å². The molecule has 4 bridgehead atoms. The fourth-order valence-corrected chi connectivity index (χ4v) is 8.36. The van der Waals surface area contributed by atoms with E-state index in [1.54, 1.807) is 0 Å². The summed E-state index contributed by atoms with van der Waals surface area (Å²) in [6.45, 7) is 0.162. The summed E-state index contributed by atoms with van der Waals surface area (Å²) in [6, 6.07) is 5.45. The fourth-order valence-electron chi connectivity index (χ4n) is 7.04. The van der Waals surface area contributed by atoms with Crippen LogP contribution in [0.15, 0.2) is 29.2 Å². The molecule has 158 valence electrons. The lowest BCUT2D eigenvalue weighted by Crippen LogP contribution is -2.48. The Hall–Kier alpha value is -1.27. The molecule has 0 aromatic heterocycles. The molecule has 5 saturated carbocycles. The molecule has 6 heteroatoms. The molecule has 6 rings (SSSR count). The Bertz CT molecular complexity index is 902. The van der Waals surface area contributed by atoms with Crippen molar-refractivity contribution in [3.63, 3.8) is 0 Å². The topological polar surface area (TPSA) is 54.5 Å². The molecule has 5 fully saturated rings. The highest BCUT2D eigenvalue weighted by Gasteiger charge is 2.56. The highest BCUT2D eigenvalue weighted by molar-refractivity contribution is 7.89. The van der Waals surface area contributed by atoms with Gasteiger partial charge in [-0.1, -0.05) is 12.1 Å². The van der Waals surface area contributed by atoms with Crippen molar-refractivity contribution < 1.29 is 17.6 Å². The lowest BCUT2D eigenvalue weighted by atomic mass is 9.48. The summed E-state index contributed by atoms with van der Waals surface area (Å²) in [5.74, 6) is 1.90. The average molecular weight is 420 g/mol. The predicted octanol–water partition coefficient (Wildman–Crippen LogP) is 4.40. The van der Waals surface area contributed by atoms with Gasteiger partial charge in [0.2, 0.25) is 10.0 Å². The van der Waals surface area contributed by atoms with E-state index in [0.29, 0.717) is 6.42 Å². The molecular weight excluding hydrogens is 389 g/mol. The Morgan fingerprint density at radius 1 is 1.07 bits per heavy atom. The van der Waals surface area contributed by atoms with Crippen LogP contribution in [0.5, 0.6) is 0 Å². The molecule has 29 heavy (non-hydrogen) atoms. The summed E-state index contributed by atoms with van der Waals surface area (Å²) in [7, 11) is -2.47. The number of hydrogen-bond donors (Lipinski definition) is 0. The van der Waals surface area contributed by atoms with Gasteiger partial charge in [-0.05, 0) is 86.7 Å². The van der Waals surface area contributed by atoms with Crippen molar-refractivity contribution in [1.82, 2.24) is 4.31 Å². The molecule has 1 aromatic carbocycles. The average Bonchev–Trinajstić information content (AvgIpc) is 3.41. The molecule has 0 saturated heterocycles. The van der Waals surface area contributed by atoms with Gasteiger partial charge in [-0.25, -0.2) is 12.8 Å². The number of ketones is 1. The first-order chi connectivity index (χ1) is 13.7. The molecule has 0 aliphatic heterocycles. The van der Waals surface area contributed by atoms with Crippen LogP contribution in [0.4, 0.5) is 4.39 Å². The van der Waals surface area contributed by atoms with E-state index in [-0.39, 0.29) is 22.6 Å². The smallest absolute Gasteiger partial charge is 0.245 e. The van der Waals surface area contributed by atoms with Crippen molar-refractivity contribution in [1.29, 1.82) is 0 Å². The third-order valence-corrected chi connectivity index (χ3v) is 10.0. The Kier molecular flexibility index (Phi) is 4.49. The Morgan fingerprint density at radius 2 is 1.62 bits per heavy atom. The second kappa shape index (κ2) is 6.61. The van der Waals surface area contributed by atoms with Gasteiger partial charge in [-0.15, -0.1) is 0 Å². The van der Waals surface area contributed by atoms with Gasteiger partial charge in [0.05, 0.1) is 0 Å². The van der Waals surface area contributed by atoms with Crippen LogP contribution in [0.1, 0.15) is 57.8 Å². The molecule has 0 unspecified atom stereocenters. The SMILES string of the molecule is CN(CC1(C(=O)CC23CC4CC(CC(C4)C2)C3)CC1)S(=O)(=O)c1ccccc1F. The van der Waals surface area contributed by atoms with E-state index in [9.17, 15) is 17.6 Å². The van der Waals surface area contributed by atoms with Crippen molar-refractivity contribution >= 4 is 15.8 Å². The van der Waals surface area contributed by atoms with Crippen LogP contribution in [0.25, 0.3) is 0 Å². The first kappa shape index (κ1) is 19.7. The summed E-state index contributed by atoms with van der Waals surface area (Å²) in [4.78, 5) is 13.1. The standard InChI is InChI=1S/C23H30FNO3S/c1-25(29(27,28)20-5-3-2-4-19(20)24)15-23(6-7-23)21(26)14-22-11-16-8-17(12-22)10-18(9-16)13-22/h2-5,16-18H,6-15H2,1H3. The summed E-state index contributed by atoms with van der Waals surface area (Å²) < 4.78 is 41.0. The number of carbonyl (C=O) groups is 1. The van der Waals surface area contributed by atoms with Crippen molar-refractivity contribution in [2.45, 2.75) is 62.7 Å². The zero-order valence-corrected chi connectivity index (χ0v) is 17.9. The van der Waals surface area contributed by atoms with Gasteiger partial charge >= 0.3 is 0 Å². The first-order valence-corrected chi connectivity index (χ1v) is 12.4. The number of halogens is 1. The maximum absolute atomic E-state index is 14.1. The number of carbonyl (C=O) groups excluding carboxylic acids is 1. The third-order valence-electron chi connectivity index (χ3n) is 8.20. The Balaban J connectivity index is 1.30. The minimum atomic E-state index is -3.94. The maximum atomic E-state index is 14.1. The molecule has 1 aromatic rings. The monoisotopic (exact) mass is 419 g/mol. The van der Waals surface area contributed by atoms with Crippen LogP contribution in [0.3, 0.4) is 0 Å². The van der Waals surface area contributed by atoms with E-state index in [2.05, 4.69) is 0 Å². The highest BCUT2D eigenvalue weighted by atomic mass is 32.2. The summed E-state index contributed by atoms with van der Waals surface area (Å²) in [6.07, 6.45) is 9.71. The van der Waals surface area contributed by atoms with Crippen LogP contribution in [-0.4, -0.2) is 32.1 Å². The zero-order valence-electron chi connectivity index (χ0n) is 17.1. The summed E-state index contributed by atoms with van der Waals surface area (Å²) in [5.41, 5.74) is -0.388. The Labute approximate surface area is 172 Å². The number of Topliss-reactive ketones (excluding diaryl/α,β-unsaturated/α-hetero) is 1. The molecule has 0 radical (unpaired) electrons. The molecule has 0 amide bonds. The second-order valence-corrected chi connectivity index (χ2v) is 12.5. The molecule has 0 atom stereocenters. The molecule has 0 heterocycles. The fraction of sp³-hybridized carbons (Fsp3) is 0.696. The third kappa shape index (κ3) is 3.36. The number of nitrogens with zero attached hydrogens (tertiary/aromatic N) is 1. The normalized spacial score (nSPS) is 34.5. The van der Waals surface area contributed by atoms with E-state index in [0.717, 1.165) is 36.7 Å². The molecule has 4 nitrogen and oxygen atoms in total. The summed E-state index contributed by atoms with van der Waals surface area (Å²) in [5, 5.41) is 0. The summed E-state index contributed by atoms with van der Waals surface area (Å²) >= 11 is 0. The number of sulfonamides is 1. The van der Waals surface area contributed by atoms with E-state index in [4.69, 9.17) is 0 Å². The van der Waals surface area contributed by atoms with Crippen LogP contribution in [0.2, 0.25) is 0 Å². The minimum Gasteiger partial charge on any atom is -0.299 e. The second-order valence-electron chi connectivity index (χ2n) is 10.5. The molecule has 0 N–H and O–H groups in total. The van der Waals surface area contributed by atoms with Gasteiger partial charge < -0.3 is 0 Å². The van der Waals surface area contributed by atoms with E-state index in [1.807, 2.05) is 0 Å². The van der Waals surface area contributed by atoms with Gasteiger partial charge in [-0.2, -0.15) is 4.31 Å². The first-order valence-electron chi connectivity index (χ1n) is 11.0. The van der Waals surface area contributed by atoms with Crippen molar-refractivity contribution in [3.8, 4) is 0 Å². The van der Waals surface area contributed by atoms with Gasteiger partial charge in [-0.3, -0.25) is 4.79 Å². The maximum Gasteiger partial charge on any atom is 0.245 e. The predicted molar refractivity (Wildman–Crippen MR) is 108 cm³/mol.